The maximum Gasteiger partial charge on any atom is 0.254 e. The molecule has 2 rings (SSSR count). The SMILES string of the molecule is Cc1cccc(C(=O)N(C)CC2CCCN2C)c1Br. The molecule has 1 aliphatic heterocycles. The molecule has 1 fully saturated rings. The van der Waals surface area contributed by atoms with Crippen molar-refractivity contribution in [3.63, 3.8) is 0 Å². The van der Waals surface area contributed by atoms with Gasteiger partial charge >= 0.3 is 0 Å². The van der Waals surface area contributed by atoms with E-state index in [4.69, 9.17) is 0 Å². The number of carbonyl (C=O) groups excluding carboxylic acids is 1. The third-order valence-electron chi connectivity index (χ3n) is 3.93. The Morgan fingerprint density at radius 2 is 2.26 bits per heavy atom. The third-order valence-corrected chi connectivity index (χ3v) is 4.98. The van der Waals surface area contributed by atoms with Gasteiger partial charge in [0.2, 0.25) is 0 Å². The van der Waals surface area contributed by atoms with Crippen LogP contribution in [0.2, 0.25) is 0 Å². The molecule has 19 heavy (non-hydrogen) atoms. The molecule has 1 saturated heterocycles. The Kier molecular flexibility index (Phi) is 4.63. The first-order chi connectivity index (χ1) is 9.00. The Morgan fingerprint density at radius 1 is 1.53 bits per heavy atom. The average molecular weight is 325 g/mol. The van der Waals surface area contributed by atoms with Gasteiger partial charge in [0.15, 0.2) is 0 Å². The molecule has 0 spiro atoms. The van der Waals surface area contributed by atoms with Crippen LogP contribution in [0.4, 0.5) is 0 Å². The van der Waals surface area contributed by atoms with Crippen molar-refractivity contribution in [1.82, 2.24) is 9.80 Å². The molecule has 0 aliphatic carbocycles. The van der Waals surface area contributed by atoms with Gasteiger partial charge in [-0.3, -0.25) is 4.79 Å². The number of carbonyl (C=O) groups is 1. The number of benzene rings is 1. The van der Waals surface area contributed by atoms with Crippen molar-refractivity contribution in [3.05, 3.63) is 33.8 Å². The molecular formula is C15H21BrN2O. The Bertz CT molecular complexity index is 475. The number of likely N-dealkylation sites (N-methyl/N-ethyl adjacent to an activating group) is 2. The lowest BCUT2D eigenvalue weighted by atomic mass is 10.1. The second kappa shape index (κ2) is 6.06. The first kappa shape index (κ1) is 14.5. The van der Waals surface area contributed by atoms with E-state index in [1.807, 2.05) is 37.1 Å². The monoisotopic (exact) mass is 324 g/mol. The van der Waals surface area contributed by atoms with Crippen LogP contribution in [-0.4, -0.2) is 48.9 Å². The fraction of sp³-hybridized carbons (Fsp3) is 0.533. The highest BCUT2D eigenvalue weighted by Crippen LogP contribution is 2.23. The van der Waals surface area contributed by atoms with Crippen molar-refractivity contribution in [2.45, 2.75) is 25.8 Å². The Balaban J connectivity index is 2.08. The normalized spacial score (nSPS) is 19.7. The van der Waals surface area contributed by atoms with Crippen molar-refractivity contribution in [2.24, 2.45) is 0 Å². The van der Waals surface area contributed by atoms with E-state index in [0.717, 1.165) is 28.7 Å². The molecule has 0 aromatic heterocycles. The highest BCUT2D eigenvalue weighted by atomic mass is 79.9. The molecule has 4 heteroatoms. The minimum absolute atomic E-state index is 0.0934. The number of nitrogens with zero attached hydrogens (tertiary/aromatic N) is 2. The Hall–Kier alpha value is -0.870. The van der Waals surface area contributed by atoms with Crippen LogP contribution in [0, 0.1) is 6.92 Å². The van der Waals surface area contributed by atoms with Crippen LogP contribution in [0.25, 0.3) is 0 Å². The molecule has 1 aromatic rings. The second-order valence-corrected chi connectivity index (χ2v) is 6.19. The summed E-state index contributed by atoms with van der Waals surface area (Å²) < 4.78 is 0.909. The predicted molar refractivity (Wildman–Crippen MR) is 81.5 cm³/mol. The lowest BCUT2D eigenvalue weighted by Crippen LogP contribution is -2.39. The largest absolute Gasteiger partial charge is 0.340 e. The summed E-state index contributed by atoms with van der Waals surface area (Å²) in [5.74, 6) is 0.0934. The van der Waals surface area contributed by atoms with Crippen molar-refractivity contribution >= 4 is 21.8 Å². The van der Waals surface area contributed by atoms with Crippen molar-refractivity contribution in [3.8, 4) is 0 Å². The molecule has 0 saturated carbocycles. The van der Waals surface area contributed by atoms with Crippen LogP contribution in [-0.2, 0) is 0 Å². The van der Waals surface area contributed by atoms with Crippen molar-refractivity contribution in [1.29, 1.82) is 0 Å². The van der Waals surface area contributed by atoms with E-state index in [1.165, 1.54) is 12.8 Å². The predicted octanol–water partition coefficient (Wildman–Crippen LogP) is 2.92. The molecule has 104 valence electrons. The number of aryl methyl sites for hydroxylation is 1. The fourth-order valence-corrected chi connectivity index (χ4v) is 3.06. The molecule has 1 atom stereocenters. The molecule has 1 aliphatic rings. The van der Waals surface area contributed by atoms with Crippen LogP contribution < -0.4 is 0 Å². The molecule has 1 aromatic carbocycles. The van der Waals surface area contributed by atoms with Crippen LogP contribution in [0.1, 0.15) is 28.8 Å². The average Bonchev–Trinajstić information content (AvgIpc) is 2.77. The van der Waals surface area contributed by atoms with Crippen LogP contribution in [0.15, 0.2) is 22.7 Å². The standard InChI is InChI=1S/C15H21BrN2O/c1-11-6-4-8-13(14(11)16)15(19)18(3)10-12-7-5-9-17(12)2/h4,6,8,12H,5,7,9-10H2,1-3H3. The highest BCUT2D eigenvalue weighted by molar-refractivity contribution is 9.10. The summed E-state index contributed by atoms with van der Waals surface area (Å²) in [6, 6.07) is 6.32. The molecule has 3 nitrogen and oxygen atoms in total. The van der Waals surface area contributed by atoms with E-state index in [9.17, 15) is 4.79 Å². The number of rotatable bonds is 3. The number of hydrogen-bond acceptors (Lipinski definition) is 2. The third kappa shape index (κ3) is 3.18. The lowest BCUT2D eigenvalue weighted by molar-refractivity contribution is 0.0760. The zero-order chi connectivity index (χ0) is 14.0. The van der Waals surface area contributed by atoms with E-state index in [1.54, 1.807) is 0 Å². The summed E-state index contributed by atoms with van der Waals surface area (Å²) in [5.41, 5.74) is 1.85. The minimum atomic E-state index is 0.0934. The zero-order valence-corrected chi connectivity index (χ0v) is 13.4. The first-order valence-electron chi connectivity index (χ1n) is 6.71. The van der Waals surface area contributed by atoms with Gasteiger partial charge in [0, 0.05) is 24.1 Å². The number of amides is 1. The summed E-state index contributed by atoms with van der Waals surface area (Å²) in [6.45, 7) is 3.95. The van der Waals surface area contributed by atoms with E-state index in [0.29, 0.717) is 6.04 Å². The lowest BCUT2D eigenvalue weighted by Gasteiger charge is -2.26. The summed E-state index contributed by atoms with van der Waals surface area (Å²) in [6.07, 6.45) is 2.42. The van der Waals surface area contributed by atoms with Gasteiger partial charge in [-0.2, -0.15) is 0 Å². The number of halogens is 1. The number of likely N-dealkylation sites (tertiary alicyclic amines) is 1. The van der Waals surface area contributed by atoms with Gasteiger partial charge in [-0.25, -0.2) is 0 Å². The van der Waals surface area contributed by atoms with Gasteiger partial charge in [-0.15, -0.1) is 0 Å². The van der Waals surface area contributed by atoms with Crippen LogP contribution >= 0.6 is 15.9 Å². The van der Waals surface area contributed by atoms with E-state index in [-0.39, 0.29) is 5.91 Å². The summed E-state index contributed by atoms with van der Waals surface area (Å²) in [7, 11) is 4.03. The Morgan fingerprint density at radius 3 is 2.89 bits per heavy atom. The maximum absolute atomic E-state index is 12.5. The molecule has 0 bridgehead atoms. The molecule has 1 heterocycles. The Labute approximate surface area is 123 Å². The van der Waals surface area contributed by atoms with Gasteiger partial charge in [-0.1, -0.05) is 12.1 Å². The van der Waals surface area contributed by atoms with Crippen LogP contribution in [0.5, 0.6) is 0 Å². The van der Waals surface area contributed by atoms with Crippen molar-refractivity contribution in [2.75, 3.05) is 27.2 Å². The first-order valence-corrected chi connectivity index (χ1v) is 7.51. The quantitative estimate of drug-likeness (QED) is 0.853. The van der Waals surface area contributed by atoms with E-state index < -0.39 is 0 Å². The highest BCUT2D eigenvalue weighted by Gasteiger charge is 2.25. The molecule has 0 radical (unpaired) electrons. The van der Waals surface area contributed by atoms with Crippen molar-refractivity contribution < 1.29 is 4.79 Å². The molecule has 1 amide bonds. The summed E-state index contributed by atoms with van der Waals surface area (Å²) in [4.78, 5) is 16.7. The summed E-state index contributed by atoms with van der Waals surface area (Å²) in [5, 5.41) is 0. The second-order valence-electron chi connectivity index (χ2n) is 5.40. The smallest absolute Gasteiger partial charge is 0.254 e. The maximum atomic E-state index is 12.5. The van der Waals surface area contributed by atoms with Gasteiger partial charge in [-0.05, 0) is 60.9 Å². The number of hydrogen-bond donors (Lipinski definition) is 0. The fourth-order valence-electron chi connectivity index (χ4n) is 2.63. The summed E-state index contributed by atoms with van der Waals surface area (Å²) >= 11 is 3.52. The van der Waals surface area contributed by atoms with Gasteiger partial charge < -0.3 is 9.80 Å². The zero-order valence-electron chi connectivity index (χ0n) is 11.8. The van der Waals surface area contributed by atoms with Crippen LogP contribution in [0.3, 0.4) is 0 Å². The molecular weight excluding hydrogens is 304 g/mol. The van der Waals surface area contributed by atoms with E-state index >= 15 is 0 Å². The van der Waals surface area contributed by atoms with Gasteiger partial charge in [0.1, 0.15) is 0 Å². The topological polar surface area (TPSA) is 23.6 Å². The molecule has 0 N–H and O–H groups in total. The van der Waals surface area contributed by atoms with Gasteiger partial charge in [0.05, 0.1) is 5.56 Å². The van der Waals surface area contributed by atoms with Gasteiger partial charge in [0.25, 0.3) is 5.91 Å². The molecule has 1 unspecified atom stereocenters. The minimum Gasteiger partial charge on any atom is -0.340 e. The van der Waals surface area contributed by atoms with E-state index in [2.05, 4.69) is 27.9 Å².